The van der Waals surface area contributed by atoms with Crippen molar-refractivity contribution < 1.29 is 4.79 Å². The molecule has 1 amide bonds. The Kier molecular flexibility index (Phi) is 10.2. The molecule has 8 heteroatoms. The first-order valence-corrected chi connectivity index (χ1v) is 10.1. The Morgan fingerprint density at radius 1 is 1.32 bits per heavy atom. The molecule has 0 aliphatic heterocycles. The average Bonchev–Trinajstić information content (AvgIpc) is 2.56. The Labute approximate surface area is 160 Å². The highest BCUT2D eigenvalue weighted by molar-refractivity contribution is 7.99. The smallest absolute Gasteiger partial charge is 0.230 e. The van der Waals surface area contributed by atoms with Crippen LogP contribution in [0.1, 0.15) is 33.6 Å². The van der Waals surface area contributed by atoms with Gasteiger partial charge in [-0.15, -0.1) is 0 Å². The van der Waals surface area contributed by atoms with Gasteiger partial charge in [-0.05, 0) is 39.4 Å². The zero-order valence-electron chi connectivity index (χ0n) is 15.9. The van der Waals surface area contributed by atoms with Gasteiger partial charge in [-0.2, -0.15) is 0 Å². The summed E-state index contributed by atoms with van der Waals surface area (Å²) < 4.78 is 0. The van der Waals surface area contributed by atoms with Crippen LogP contribution in [0.4, 0.5) is 5.82 Å². The van der Waals surface area contributed by atoms with E-state index in [9.17, 15) is 4.79 Å². The van der Waals surface area contributed by atoms with E-state index in [2.05, 4.69) is 34.0 Å². The van der Waals surface area contributed by atoms with Crippen molar-refractivity contribution in [1.82, 2.24) is 20.2 Å². The average molecular weight is 388 g/mol. The van der Waals surface area contributed by atoms with Crippen molar-refractivity contribution in [3.05, 3.63) is 11.2 Å². The Morgan fingerprint density at radius 2 is 2.00 bits per heavy atom. The molecule has 1 unspecified atom stereocenters. The van der Waals surface area contributed by atoms with E-state index >= 15 is 0 Å². The van der Waals surface area contributed by atoms with Gasteiger partial charge in [0.05, 0.1) is 5.75 Å². The number of carbonyl (C=O) groups is 1. The van der Waals surface area contributed by atoms with Crippen LogP contribution in [-0.4, -0.2) is 66.3 Å². The van der Waals surface area contributed by atoms with Crippen LogP contribution in [0.2, 0.25) is 5.15 Å². The molecule has 0 aliphatic rings. The predicted molar refractivity (Wildman–Crippen MR) is 107 cm³/mol. The molecule has 142 valence electrons. The van der Waals surface area contributed by atoms with Crippen LogP contribution in [0.15, 0.2) is 11.2 Å². The molecule has 1 aromatic rings. The molecule has 0 aromatic carbocycles. The molecule has 0 saturated heterocycles. The number of aromatic nitrogens is 2. The van der Waals surface area contributed by atoms with Gasteiger partial charge in [-0.1, -0.05) is 37.2 Å². The van der Waals surface area contributed by atoms with Crippen LogP contribution >= 0.6 is 23.4 Å². The maximum atomic E-state index is 12.1. The molecule has 0 spiro atoms. The molecule has 0 radical (unpaired) electrons. The third kappa shape index (κ3) is 8.74. The summed E-state index contributed by atoms with van der Waals surface area (Å²) in [6, 6.07) is 1.87. The lowest BCUT2D eigenvalue weighted by Gasteiger charge is -2.19. The molecule has 1 atom stereocenters. The summed E-state index contributed by atoms with van der Waals surface area (Å²) in [4.78, 5) is 24.9. The largest absolute Gasteiger partial charge is 0.363 e. The number of thioether (sulfide) groups is 1. The fraction of sp³-hybridized carbons (Fsp3) is 0.706. The van der Waals surface area contributed by atoms with Gasteiger partial charge in [0.1, 0.15) is 11.0 Å². The van der Waals surface area contributed by atoms with E-state index in [0.29, 0.717) is 10.3 Å². The molecule has 0 fully saturated rings. The van der Waals surface area contributed by atoms with Crippen molar-refractivity contribution in [1.29, 1.82) is 0 Å². The van der Waals surface area contributed by atoms with Gasteiger partial charge in [0, 0.05) is 26.2 Å². The molecule has 0 aliphatic carbocycles. The van der Waals surface area contributed by atoms with Gasteiger partial charge in [0.2, 0.25) is 5.91 Å². The van der Waals surface area contributed by atoms with Gasteiger partial charge < -0.3 is 15.1 Å². The van der Waals surface area contributed by atoms with Crippen LogP contribution < -0.4 is 10.2 Å². The van der Waals surface area contributed by atoms with Gasteiger partial charge in [0.25, 0.3) is 0 Å². The number of halogens is 1. The molecule has 0 bridgehead atoms. The van der Waals surface area contributed by atoms with Gasteiger partial charge in [0.15, 0.2) is 5.16 Å². The first-order chi connectivity index (χ1) is 11.8. The molecule has 6 nitrogen and oxygen atoms in total. The summed E-state index contributed by atoms with van der Waals surface area (Å²) in [6.07, 6.45) is 2.06. The van der Waals surface area contributed by atoms with Crippen LogP contribution in [0.25, 0.3) is 0 Å². The molecular formula is C17H30ClN5OS. The van der Waals surface area contributed by atoms with Crippen molar-refractivity contribution in [2.24, 2.45) is 0 Å². The summed E-state index contributed by atoms with van der Waals surface area (Å²) in [6.45, 7) is 9.61. The molecule has 1 rings (SSSR count). The maximum Gasteiger partial charge on any atom is 0.230 e. The number of nitrogens with zero attached hydrogens (tertiary/aromatic N) is 4. The monoisotopic (exact) mass is 387 g/mol. The zero-order chi connectivity index (χ0) is 18.8. The molecule has 1 aromatic heterocycles. The quantitative estimate of drug-likeness (QED) is 0.358. The van der Waals surface area contributed by atoms with E-state index < -0.39 is 0 Å². The first kappa shape index (κ1) is 22.0. The van der Waals surface area contributed by atoms with Crippen LogP contribution in [0.3, 0.4) is 0 Å². The minimum absolute atomic E-state index is 0.00434. The third-order valence-electron chi connectivity index (χ3n) is 3.86. The fourth-order valence-corrected chi connectivity index (χ4v) is 3.25. The number of carbonyl (C=O) groups excluding carboxylic acids is 1. The number of hydrogen-bond acceptors (Lipinski definition) is 6. The van der Waals surface area contributed by atoms with Gasteiger partial charge >= 0.3 is 0 Å². The van der Waals surface area contributed by atoms with Crippen LogP contribution in [0.5, 0.6) is 0 Å². The Hall–Kier alpha value is -1.05. The predicted octanol–water partition coefficient (Wildman–Crippen LogP) is 2.91. The number of rotatable bonds is 11. The second kappa shape index (κ2) is 11.5. The number of hydrogen-bond donors (Lipinski definition) is 1. The van der Waals surface area contributed by atoms with E-state index in [4.69, 9.17) is 11.6 Å². The van der Waals surface area contributed by atoms with Crippen molar-refractivity contribution in [3.63, 3.8) is 0 Å². The molecule has 1 heterocycles. The lowest BCUT2D eigenvalue weighted by atomic mass is 10.2. The fourth-order valence-electron chi connectivity index (χ4n) is 2.36. The van der Waals surface area contributed by atoms with Crippen molar-refractivity contribution in [2.45, 2.75) is 44.8 Å². The number of nitrogens with one attached hydrogen (secondary N) is 1. The van der Waals surface area contributed by atoms with Crippen molar-refractivity contribution >= 4 is 35.1 Å². The highest BCUT2D eigenvalue weighted by atomic mass is 35.5. The van der Waals surface area contributed by atoms with E-state index in [-0.39, 0.29) is 17.7 Å². The standard InChI is InChI=1S/C17H30ClN5OS/c1-6-23(7-2)10-8-9-13(3)19-16(24)12-25-17-20-14(18)11-15(21-17)22(4)5/h11,13H,6-10,12H2,1-5H3,(H,19,24). The topological polar surface area (TPSA) is 61.4 Å². The van der Waals surface area contributed by atoms with Gasteiger partial charge in [-0.25, -0.2) is 9.97 Å². The SMILES string of the molecule is CCN(CC)CCCC(C)NC(=O)CSc1nc(Cl)cc(N(C)C)n1. The van der Waals surface area contributed by atoms with Crippen molar-refractivity contribution in [2.75, 3.05) is 44.4 Å². The van der Waals surface area contributed by atoms with Gasteiger partial charge in [-0.3, -0.25) is 4.79 Å². The number of amides is 1. The van der Waals surface area contributed by atoms with Crippen LogP contribution in [0, 0.1) is 0 Å². The summed E-state index contributed by atoms with van der Waals surface area (Å²) >= 11 is 7.30. The zero-order valence-corrected chi connectivity index (χ0v) is 17.5. The first-order valence-electron chi connectivity index (χ1n) is 8.72. The normalized spacial score (nSPS) is 12.3. The minimum Gasteiger partial charge on any atom is -0.363 e. The molecular weight excluding hydrogens is 358 g/mol. The summed E-state index contributed by atoms with van der Waals surface area (Å²) in [5.41, 5.74) is 0. The Bertz CT molecular complexity index is 540. The second-order valence-corrected chi connectivity index (χ2v) is 7.48. The molecule has 0 saturated carbocycles. The third-order valence-corrected chi connectivity index (χ3v) is 4.91. The van der Waals surface area contributed by atoms with E-state index in [0.717, 1.165) is 38.3 Å². The minimum atomic E-state index is -0.00434. The molecule has 1 N–H and O–H groups in total. The summed E-state index contributed by atoms with van der Waals surface area (Å²) in [5.74, 6) is 1.01. The van der Waals surface area contributed by atoms with E-state index in [1.54, 1.807) is 6.07 Å². The van der Waals surface area contributed by atoms with E-state index in [1.165, 1.54) is 11.8 Å². The molecule has 25 heavy (non-hydrogen) atoms. The maximum absolute atomic E-state index is 12.1. The van der Waals surface area contributed by atoms with Crippen LogP contribution in [-0.2, 0) is 4.79 Å². The van der Waals surface area contributed by atoms with E-state index in [1.807, 2.05) is 25.9 Å². The Morgan fingerprint density at radius 3 is 2.60 bits per heavy atom. The highest BCUT2D eigenvalue weighted by Crippen LogP contribution is 2.20. The Balaban J connectivity index is 2.37. The second-order valence-electron chi connectivity index (χ2n) is 6.15. The summed E-state index contributed by atoms with van der Waals surface area (Å²) in [5, 5.41) is 3.93. The highest BCUT2D eigenvalue weighted by Gasteiger charge is 2.11. The lowest BCUT2D eigenvalue weighted by Crippen LogP contribution is -2.34. The number of anilines is 1. The lowest BCUT2D eigenvalue weighted by molar-refractivity contribution is -0.119. The summed E-state index contributed by atoms with van der Waals surface area (Å²) in [7, 11) is 3.78. The van der Waals surface area contributed by atoms with Crippen molar-refractivity contribution in [3.8, 4) is 0 Å².